The van der Waals surface area contributed by atoms with Crippen molar-refractivity contribution in [2.45, 2.75) is 39.3 Å². The lowest BCUT2D eigenvalue weighted by Crippen LogP contribution is -2.32. The highest BCUT2D eigenvalue weighted by Gasteiger charge is 2.16. The van der Waals surface area contributed by atoms with E-state index in [-0.39, 0.29) is 18.6 Å². The van der Waals surface area contributed by atoms with Crippen LogP contribution in [0.5, 0.6) is 0 Å². The van der Waals surface area contributed by atoms with Crippen molar-refractivity contribution in [1.82, 2.24) is 10.3 Å². The van der Waals surface area contributed by atoms with Crippen LogP contribution in [0, 0.1) is 0 Å². The molecule has 0 fully saturated rings. The fourth-order valence-corrected chi connectivity index (χ4v) is 1.35. The lowest BCUT2D eigenvalue weighted by atomic mass is 10.2. The van der Waals surface area contributed by atoms with Crippen molar-refractivity contribution in [2.75, 3.05) is 6.54 Å². The van der Waals surface area contributed by atoms with Gasteiger partial charge in [-0.15, -0.1) is 0 Å². The van der Waals surface area contributed by atoms with Crippen molar-refractivity contribution in [1.29, 1.82) is 0 Å². The Balaban J connectivity index is 2.39. The summed E-state index contributed by atoms with van der Waals surface area (Å²) in [6, 6.07) is 5.74. The topological polar surface area (TPSA) is 51.2 Å². The predicted octanol–water partition coefficient (Wildman–Crippen LogP) is 2.07. The van der Waals surface area contributed by atoms with Gasteiger partial charge in [0.1, 0.15) is 5.60 Å². The van der Waals surface area contributed by atoms with E-state index in [1.165, 1.54) is 0 Å². The summed E-state index contributed by atoms with van der Waals surface area (Å²) in [5, 5.41) is 3.08. The Morgan fingerprint density at radius 2 is 2.18 bits per heavy atom. The summed E-state index contributed by atoms with van der Waals surface area (Å²) in [5.41, 5.74) is 0.476. The zero-order valence-corrected chi connectivity index (χ0v) is 10.9. The van der Waals surface area contributed by atoms with Gasteiger partial charge in [-0.1, -0.05) is 6.07 Å². The van der Waals surface area contributed by atoms with Crippen LogP contribution in [0.3, 0.4) is 0 Å². The van der Waals surface area contributed by atoms with Crippen LogP contribution in [0.1, 0.15) is 39.4 Å². The van der Waals surface area contributed by atoms with E-state index in [1.807, 2.05) is 45.9 Å². The van der Waals surface area contributed by atoms with Gasteiger partial charge in [0.2, 0.25) is 0 Å². The van der Waals surface area contributed by atoms with E-state index in [0.29, 0.717) is 0 Å². The summed E-state index contributed by atoms with van der Waals surface area (Å²) in [4.78, 5) is 15.7. The number of esters is 1. The summed E-state index contributed by atoms with van der Waals surface area (Å²) < 4.78 is 5.20. The summed E-state index contributed by atoms with van der Waals surface area (Å²) in [6.45, 7) is 7.72. The van der Waals surface area contributed by atoms with E-state index in [9.17, 15) is 4.79 Å². The van der Waals surface area contributed by atoms with Gasteiger partial charge < -0.3 is 4.74 Å². The molecule has 1 heterocycles. The number of aromatic nitrogens is 1. The van der Waals surface area contributed by atoms with Crippen molar-refractivity contribution in [3.8, 4) is 0 Å². The van der Waals surface area contributed by atoms with Gasteiger partial charge in [-0.05, 0) is 39.8 Å². The number of rotatable bonds is 4. The van der Waals surface area contributed by atoms with E-state index in [4.69, 9.17) is 4.74 Å². The second-order valence-electron chi connectivity index (χ2n) is 4.94. The van der Waals surface area contributed by atoms with Gasteiger partial charge in [-0.3, -0.25) is 15.1 Å². The summed E-state index contributed by atoms with van der Waals surface area (Å²) in [6.07, 6.45) is 1.74. The lowest BCUT2D eigenvalue weighted by molar-refractivity contribution is -0.153. The maximum Gasteiger partial charge on any atom is 0.320 e. The molecule has 0 aliphatic heterocycles. The lowest BCUT2D eigenvalue weighted by Gasteiger charge is -2.20. The molecule has 0 aromatic carbocycles. The van der Waals surface area contributed by atoms with Gasteiger partial charge in [0.15, 0.2) is 0 Å². The predicted molar refractivity (Wildman–Crippen MR) is 66.5 cm³/mol. The van der Waals surface area contributed by atoms with Gasteiger partial charge in [0.25, 0.3) is 0 Å². The maximum atomic E-state index is 11.5. The number of ether oxygens (including phenoxy) is 1. The minimum atomic E-state index is -0.438. The Morgan fingerprint density at radius 1 is 1.47 bits per heavy atom. The molecule has 0 bridgehead atoms. The Kier molecular flexibility index (Phi) is 4.63. The van der Waals surface area contributed by atoms with Crippen LogP contribution < -0.4 is 5.32 Å². The average molecular weight is 236 g/mol. The molecule has 4 heteroatoms. The van der Waals surface area contributed by atoms with Gasteiger partial charge >= 0.3 is 5.97 Å². The zero-order chi connectivity index (χ0) is 12.9. The van der Waals surface area contributed by atoms with Crippen LogP contribution >= 0.6 is 0 Å². The first-order chi connectivity index (χ1) is 7.88. The van der Waals surface area contributed by atoms with Crippen molar-refractivity contribution in [2.24, 2.45) is 0 Å². The molecule has 17 heavy (non-hydrogen) atoms. The number of hydrogen-bond donors (Lipinski definition) is 1. The highest BCUT2D eigenvalue weighted by atomic mass is 16.6. The highest BCUT2D eigenvalue weighted by Crippen LogP contribution is 2.09. The van der Waals surface area contributed by atoms with Gasteiger partial charge in [-0.25, -0.2) is 0 Å². The third-order valence-electron chi connectivity index (χ3n) is 2.10. The summed E-state index contributed by atoms with van der Waals surface area (Å²) >= 11 is 0. The SMILES string of the molecule is C[C@H](NCC(=O)OC(C)(C)C)c1ccccn1. The minimum absolute atomic E-state index is 0.0312. The molecule has 0 amide bonds. The van der Waals surface area contributed by atoms with Gasteiger partial charge in [-0.2, -0.15) is 0 Å². The molecule has 0 saturated carbocycles. The van der Waals surface area contributed by atoms with E-state index >= 15 is 0 Å². The van der Waals surface area contributed by atoms with Crippen LogP contribution in [-0.4, -0.2) is 23.1 Å². The van der Waals surface area contributed by atoms with Crippen molar-refractivity contribution >= 4 is 5.97 Å². The molecule has 1 N–H and O–H groups in total. The summed E-state index contributed by atoms with van der Waals surface area (Å²) in [5.74, 6) is -0.250. The normalized spacial score (nSPS) is 13.2. The molecule has 0 saturated heterocycles. The van der Waals surface area contributed by atoms with E-state index in [0.717, 1.165) is 5.69 Å². The van der Waals surface area contributed by atoms with Crippen molar-refractivity contribution in [3.05, 3.63) is 30.1 Å². The second kappa shape index (κ2) is 5.77. The first-order valence-electron chi connectivity index (χ1n) is 5.74. The first-order valence-corrected chi connectivity index (χ1v) is 5.74. The van der Waals surface area contributed by atoms with Gasteiger partial charge in [0, 0.05) is 12.2 Å². The van der Waals surface area contributed by atoms with Crippen molar-refractivity contribution in [3.63, 3.8) is 0 Å². The fourth-order valence-electron chi connectivity index (χ4n) is 1.35. The van der Waals surface area contributed by atoms with Crippen LogP contribution in [-0.2, 0) is 9.53 Å². The monoisotopic (exact) mass is 236 g/mol. The zero-order valence-electron chi connectivity index (χ0n) is 10.9. The minimum Gasteiger partial charge on any atom is -0.459 e. The standard InChI is InChI=1S/C13H20N2O2/c1-10(11-7-5-6-8-14-11)15-9-12(16)17-13(2,3)4/h5-8,10,15H,9H2,1-4H3/t10-/m0/s1. The largest absolute Gasteiger partial charge is 0.459 e. The van der Waals surface area contributed by atoms with Gasteiger partial charge in [0.05, 0.1) is 12.2 Å². The molecule has 0 unspecified atom stereocenters. The van der Waals surface area contributed by atoms with Crippen molar-refractivity contribution < 1.29 is 9.53 Å². The number of carbonyl (C=O) groups excluding carboxylic acids is 1. The van der Waals surface area contributed by atoms with Crippen LogP contribution in [0.15, 0.2) is 24.4 Å². The number of carbonyl (C=O) groups is 1. The molecule has 1 aromatic rings. The molecule has 0 aliphatic rings. The molecule has 94 valence electrons. The Labute approximate surface area is 102 Å². The van der Waals surface area contributed by atoms with Crippen LogP contribution in [0.4, 0.5) is 0 Å². The third kappa shape index (κ3) is 5.45. The maximum absolute atomic E-state index is 11.5. The Hall–Kier alpha value is -1.42. The average Bonchev–Trinajstić information content (AvgIpc) is 2.25. The van der Waals surface area contributed by atoms with E-state index in [2.05, 4.69) is 10.3 Å². The molecule has 4 nitrogen and oxygen atoms in total. The Morgan fingerprint density at radius 3 is 2.71 bits per heavy atom. The number of nitrogens with zero attached hydrogens (tertiary/aromatic N) is 1. The highest BCUT2D eigenvalue weighted by molar-refractivity contribution is 5.72. The molecule has 0 aliphatic carbocycles. The third-order valence-corrected chi connectivity index (χ3v) is 2.10. The molecule has 1 atom stereocenters. The first kappa shape index (κ1) is 13.6. The number of pyridine rings is 1. The Bertz CT molecular complexity index is 357. The smallest absolute Gasteiger partial charge is 0.320 e. The van der Waals surface area contributed by atoms with Crippen LogP contribution in [0.25, 0.3) is 0 Å². The molecule has 1 rings (SSSR count). The number of hydrogen-bond acceptors (Lipinski definition) is 4. The molecule has 0 radical (unpaired) electrons. The molecular weight excluding hydrogens is 216 g/mol. The fraction of sp³-hybridized carbons (Fsp3) is 0.538. The second-order valence-corrected chi connectivity index (χ2v) is 4.94. The number of nitrogens with one attached hydrogen (secondary N) is 1. The summed E-state index contributed by atoms with van der Waals surface area (Å²) in [7, 11) is 0. The molecular formula is C13H20N2O2. The molecule has 1 aromatic heterocycles. The van der Waals surface area contributed by atoms with Crippen LogP contribution in [0.2, 0.25) is 0 Å². The molecule has 0 spiro atoms. The van der Waals surface area contributed by atoms with E-state index < -0.39 is 5.60 Å². The quantitative estimate of drug-likeness (QED) is 0.813. The van der Waals surface area contributed by atoms with E-state index in [1.54, 1.807) is 6.20 Å².